The Morgan fingerprint density at radius 2 is 2.21 bits per heavy atom. The van der Waals surface area contributed by atoms with Gasteiger partial charge in [-0.1, -0.05) is 0 Å². The van der Waals surface area contributed by atoms with Gasteiger partial charge in [-0.25, -0.2) is 8.42 Å². The number of piperidine rings is 1. The predicted octanol–water partition coefficient (Wildman–Crippen LogP) is 0.148. The van der Waals surface area contributed by atoms with Gasteiger partial charge in [-0.3, -0.25) is 0 Å². The van der Waals surface area contributed by atoms with Crippen molar-refractivity contribution in [2.45, 2.75) is 38.3 Å². The quantitative estimate of drug-likeness (QED) is 0.733. The summed E-state index contributed by atoms with van der Waals surface area (Å²) >= 11 is 0. The highest BCUT2D eigenvalue weighted by molar-refractivity contribution is 7.89. The molecule has 1 saturated carbocycles. The molecule has 0 aromatic heterocycles. The lowest BCUT2D eigenvalue weighted by molar-refractivity contribution is 0.332. The van der Waals surface area contributed by atoms with Crippen LogP contribution in [0.2, 0.25) is 0 Å². The molecule has 5 heteroatoms. The molecule has 2 aliphatic rings. The molecule has 14 heavy (non-hydrogen) atoms. The monoisotopic (exact) mass is 218 g/mol. The Morgan fingerprint density at radius 3 is 2.64 bits per heavy atom. The number of fused-ring (bicyclic) bond motifs is 2. The van der Waals surface area contributed by atoms with Crippen molar-refractivity contribution in [3.8, 4) is 0 Å². The van der Waals surface area contributed by atoms with E-state index in [0.29, 0.717) is 5.92 Å². The second-order valence-electron chi connectivity index (χ2n) is 4.66. The van der Waals surface area contributed by atoms with Crippen LogP contribution >= 0.6 is 0 Å². The molecule has 82 valence electrons. The minimum absolute atomic E-state index is 0.0935. The number of nitrogens with zero attached hydrogens (tertiary/aromatic N) is 1. The summed E-state index contributed by atoms with van der Waals surface area (Å²) < 4.78 is 25.4. The van der Waals surface area contributed by atoms with Crippen molar-refractivity contribution >= 4 is 10.0 Å². The molecule has 0 amide bonds. The summed E-state index contributed by atoms with van der Waals surface area (Å²) in [5.41, 5.74) is 5.54. The summed E-state index contributed by atoms with van der Waals surface area (Å²) in [5, 5.41) is 0. The number of hydrogen-bond donors (Lipinski definition) is 1. The van der Waals surface area contributed by atoms with Crippen molar-refractivity contribution in [1.29, 1.82) is 0 Å². The molecule has 0 radical (unpaired) electrons. The van der Waals surface area contributed by atoms with Crippen LogP contribution in [0, 0.1) is 5.92 Å². The average molecular weight is 218 g/mol. The van der Waals surface area contributed by atoms with Crippen LogP contribution in [0.4, 0.5) is 0 Å². The molecule has 3 unspecified atom stereocenters. The molecule has 2 bridgehead atoms. The zero-order valence-electron chi connectivity index (χ0n) is 8.52. The van der Waals surface area contributed by atoms with Gasteiger partial charge >= 0.3 is 0 Å². The highest BCUT2D eigenvalue weighted by Crippen LogP contribution is 2.38. The lowest BCUT2D eigenvalue weighted by Crippen LogP contribution is -2.42. The first-order valence-corrected chi connectivity index (χ1v) is 6.85. The van der Waals surface area contributed by atoms with Crippen molar-refractivity contribution in [2.75, 3.05) is 12.3 Å². The first-order valence-electron chi connectivity index (χ1n) is 5.24. The highest BCUT2D eigenvalue weighted by atomic mass is 32.2. The van der Waals surface area contributed by atoms with Gasteiger partial charge in [0.15, 0.2) is 0 Å². The molecule has 4 nitrogen and oxygen atoms in total. The van der Waals surface area contributed by atoms with Crippen molar-refractivity contribution in [3.05, 3.63) is 0 Å². The maximum absolute atomic E-state index is 11.9. The molecule has 2 N–H and O–H groups in total. The summed E-state index contributed by atoms with van der Waals surface area (Å²) in [6.07, 6.45) is 3.32. The van der Waals surface area contributed by atoms with E-state index < -0.39 is 10.0 Å². The van der Waals surface area contributed by atoms with E-state index in [0.717, 1.165) is 19.4 Å². The van der Waals surface area contributed by atoms with Crippen molar-refractivity contribution in [3.63, 3.8) is 0 Å². The van der Waals surface area contributed by atoms with E-state index >= 15 is 0 Å². The molecule has 0 spiro atoms. The minimum Gasteiger partial charge on any atom is -0.327 e. The molecular formula is C9H18N2O2S. The Balaban J connectivity index is 2.08. The molecule has 1 heterocycles. The third-order valence-electron chi connectivity index (χ3n) is 3.19. The van der Waals surface area contributed by atoms with E-state index in [4.69, 9.17) is 5.73 Å². The first kappa shape index (κ1) is 10.4. The Hall–Kier alpha value is -0.130. The van der Waals surface area contributed by atoms with Crippen molar-refractivity contribution in [1.82, 2.24) is 4.31 Å². The van der Waals surface area contributed by atoms with Gasteiger partial charge in [0, 0.05) is 18.6 Å². The second-order valence-corrected chi connectivity index (χ2v) is 6.62. The maximum atomic E-state index is 11.9. The molecule has 3 atom stereocenters. The summed E-state index contributed by atoms with van der Waals surface area (Å²) in [5.74, 6) is 0.707. The molecule has 2 fully saturated rings. The third kappa shape index (κ3) is 1.81. The second kappa shape index (κ2) is 3.47. The van der Waals surface area contributed by atoms with Crippen LogP contribution in [0.15, 0.2) is 0 Å². The zero-order chi connectivity index (χ0) is 10.3. The van der Waals surface area contributed by atoms with E-state index in [9.17, 15) is 8.42 Å². The van der Waals surface area contributed by atoms with Crippen LogP contribution in [0.3, 0.4) is 0 Å². The summed E-state index contributed by atoms with van der Waals surface area (Å²) in [6, 6.07) is 0.0166. The van der Waals surface area contributed by atoms with Gasteiger partial charge in [0.2, 0.25) is 10.0 Å². The molecular weight excluding hydrogens is 200 g/mol. The topological polar surface area (TPSA) is 63.4 Å². The largest absolute Gasteiger partial charge is 0.327 e. The Morgan fingerprint density at radius 1 is 1.50 bits per heavy atom. The number of rotatable bonds is 3. The fourth-order valence-electron chi connectivity index (χ4n) is 2.65. The minimum atomic E-state index is -3.08. The van der Waals surface area contributed by atoms with E-state index in [1.807, 2.05) is 0 Å². The molecule has 1 aliphatic carbocycles. The van der Waals surface area contributed by atoms with Crippen LogP contribution in [0.1, 0.15) is 26.2 Å². The summed E-state index contributed by atoms with van der Waals surface area (Å²) in [6.45, 7) is 2.48. The van der Waals surface area contributed by atoms with E-state index in [-0.39, 0.29) is 17.8 Å². The standard InChI is InChI=1S/C9H18N2O2S/c1-7(10)6-14(12,13)11-5-8-2-3-9(11)4-8/h7-9H,2-6,10H2,1H3. The van der Waals surface area contributed by atoms with E-state index in [1.54, 1.807) is 11.2 Å². The van der Waals surface area contributed by atoms with Crippen molar-refractivity contribution < 1.29 is 8.42 Å². The van der Waals surface area contributed by atoms with Gasteiger partial charge in [-0.2, -0.15) is 4.31 Å². The van der Waals surface area contributed by atoms with Crippen LogP contribution < -0.4 is 5.73 Å². The molecule has 0 aromatic rings. The van der Waals surface area contributed by atoms with Crippen LogP contribution in [0.5, 0.6) is 0 Å². The summed E-state index contributed by atoms with van der Waals surface area (Å²) in [7, 11) is -3.08. The molecule has 1 saturated heterocycles. The van der Waals surface area contributed by atoms with Crippen LogP contribution in [0.25, 0.3) is 0 Å². The Bertz CT molecular complexity index is 313. The first-order chi connectivity index (χ1) is 6.49. The SMILES string of the molecule is CC(N)CS(=O)(=O)N1CC2CCC1C2. The summed E-state index contributed by atoms with van der Waals surface area (Å²) in [4.78, 5) is 0. The number of sulfonamides is 1. The fraction of sp³-hybridized carbons (Fsp3) is 1.00. The van der Waals surface area contributed by atoms with Gasteiger partial charge in [-0.05, 0) is 32.1 Å². The van der Waals surface area contributed by atoms with Gasteiger partial charge in [0.05, 0.1) is 5.75 Å². The Kier molecular flexibility index (Phi) is 2.57. The molecule has 2 rings (SSSR count). The number of hydrogen-bond acceptors (Lipinski definition) is 3. The van der Waals surface area contributed by atoms with Gasteiger partial charge in [-0.15, -0.1) is 0 Å². The van der Waals surface area contributed by atoms with Crippen LogP contribution in [-0.4, -0.2) is 37.1 Å². The number of nitrogens with two attached hydrogens (primary N) is 1. The molecule has 0 aromatic carbocycles. The highest BCUT2D eigenvalue weighted by Gasteiger charge is 2.43. The average Bonchev–Trinajstić information content (AvgIpc) is 2.60. The third-order valence-corrected chi connectivity index (χ3v) is 5.30. The maximum Gasteiger partial charge on any atom is 0.215 e. The van der Waals surface area contributed by atoms with E-state index in [1.165, 1.54) is 6.42 Å². The normalized spacial score (nSPS) is 35.0. The van der Waals surface area contributed by atoms with E-state index in [2.05, 4.69) is 0 Å². The Labute approximate surface area is 85.5 Å². The van der Waals surface area contributed by atoms with Crippen molar-refractivity contribution in [2.24, 2.45) is 11.7 Å². The van der Waals surface area contributed by atoms with Gasteiger partial charge in [0.1, 0.15) is 0 Å². The fourth-order valence-corrected chi connectivity index (χ4v) is 4.59. The predicted molar refractivity (Wildman–Crippen MR) is 55.3 cm³/mol. The van der Waals surface area contributed by atoms with Gasteiger partial charge in [0.25, 0.3) is 0 Å². The zero-order valence-corrected chi connectivity index (χ0v) is 9.33. The molecule has 1 aliphatic heterocycles. The van der Waals surface area contributed by atoms with Gasteiger partial charge < -0.3 is 5.73 Å². The van der Waals surface area contributed by atoms with Crippen LogP contribution in [-0.2, 0) is 10.0 Å². The smallest absolute Gasteiger partial charge is 0.215 e. The lowest BCUT2D eigenvalue weighted by atomic mass is 10.1. The lowest BCUT2D eigenvalue weighted by Gasteiger charge is -2.26.